The molecule has 1 fully saturated rings. The van der Waals surface area contributed by atoms with Gasteiger partial charge in [0.05, 0.1) is 0 Å². The molecule has 0 aliphatic carbocycles. The molecular formula is C32H34N4O2. The van der Waals surface area contributed by atoms with E-state index in [4.69, 9.17) is 0 Å². The Labute approximate surface area is 224 Å². The summed E-state index contributed by atoms with van der Waals surface area (Å²) in [5, 5.41) is 6.10. The minimum atomic E-state index is -0.183. The normalized spacial score (nSPS) is 14.3. The fourth-order valence-electron chi connectivity index (χ4n) is 5.09. The van der Waals surface area contributed by atoms with Crippen molar-refractivity contribution in [2.75, 3.05) is 18.4 Å². The van der Waals surface area contributed by atoms with Crippen molar-refractivity contribution in [1.29, 1.82) is 0 Å². The van der Waals surface area contributed by atoms with Crippen LogP contribution in [0.2, 0.25) is 0 Å². The summed E-state index contributed by atoms with van der Waals surface area (Å²) in [5.74, 6) is -0.257. The molecular weight excluding hydrogens is 472 g/mol. The third kappa shape index (κ3) is 6.03. The number of carbonyl (C=O) groups excluding carboxylic acids is 2. The average molecular weight is 507 g/mol. The van der Waals surface area contributed by atoms with Gasteiger partial charge in [-0.05, 0) is 92.9 Å². The molecule has 1 aromatic heterocycles. The molecule has 0 saturated carbocycles. The maximum Gasteiger partial charge on any atom is 0.255 e. The van der Waals surface area contributed by atoms with Gasteiger partial charge >= 0.3 is 0 Å². The third-order valence-corrected chi connectivity index (χ3v) is 7.24. The molecule has 38 heavy (non-hydrogen) atoms. The van der Waals surface area contributed by atoms with Crippen LogP contribution in [0, 0.1) is 13.8 Å². The second-order valence-corrected chi connectivity index (χ2v) is 10.0. The van der Waals surface area contributed by atoms with Gasteiger partial charge in [0.15, 0.2) is 0 Å². The molecule has 0 bridgehead atoms. The zero-order valence-electron chi connectivity index (χ0n) is 22.0. The molecule has 6 nitrogen and oxygen atoms in total. The molecule has 6 heteroatoms. The first kappa shape index (κ1) is 25.5. The fourth-order valence-corrected chi connectivity index (χ4v) is 5.09. The van der Waals surface area contributed by atoms with Crippen molar-refractivity contribution in [3.8, 4) is 5.69 Å². The summed E-state index contributed by atoms with van der Waals surface area (Å²) >= 11 is 0. The van der Waals surface area contributed by atoms with E-state index in [2.05, 4.69) is 70.3 Å². The number of nitrogens with one attached hydrogen (secondary N) is 2. The average Bonchev–Trinajstić information content (AvgIpc) is 3.28. The summed E-state index contributed by atoms with van der Waals surface area (Å²) in [6, 6.07) is 29.5. The molecule has 4 aromatic rings. The Hall–Kier alpha value is -4.16. The highest BCUT2D eigenvalue weighted by Gasteiger charge is 2.21. The van der Waals surface area contributed by atoms with Crippen LogP contribution in [0.1, 0.15) is 50.5 Å². The van der Waals surface area contributed by atoms with Crippen LogP contribution in [-0.2, 0) is 6.54 Å². The lowest BCUT2D eigenvalue weighted by Gasteiger charge is -2.32. The summed E-state index contributed by atoms with van der Waals surface area (Å²) in [5.41, 5.74) is 6.48. The predicted molar refractivity (Wildman–Crippen MR) is 152 cm³/mol. The van der Waals surface area contributed by atoms with Crippen LogP contribution < -0.4 is 10.6 Å². The van der Waals surface area contributed by atoms with Gasteiger partial charge in [-0.3, -0.25) is 14.5 Å². The number of rotatable bonds is 7. The lowest BCUT2D eigenvalue weighted by atomic mass is 10.0. The Morgan fingerprint density at radius 3 is 1.95 bits per heavy atom. The van der Waals surface area contributed by atoms with E-state index in [-0.39, 0.29) is 17.9 Å². The smallest absolute Gasteiger partial charge is 0.255 e. The number of hydrogen-bond acceptors (Lipinski definition) is 3. The fraction of sp³-hybridized carbons (Fsp3) is 0.250. The van der Waals surface area contributed by atoms with E-state index in [1.54, 1.807) is 24.3 Å². The van der Waals surface area contributed by atoms with Crippen LogP contribution in [0.15, 0.2) is 91.0 Å². The number of likely N-dealkylation sites (tertiary alicyclic amines) is 1. The number of nitrogens with zero attached hydrogens (tertiary/aromatic N) is 2. The lowest BCUT2D eigenvalue weighted by molar-refractivity contribution is 0.0908. The molecule has 5 rings (SSSR count). The number of hydrogen-bond donors (Lipinski definition) is 2. The number of aryl methyl sites for hydroxylation is 2. The van der Waals surface area contributed by atoms with Crippen molar-refractivity contribution in [3.05, 3.63) is 119 Å². The molecule has 0 atom stereocenters. The number of piperidine rings is 1. The standard InChI is InChI=1S/C32H34N4O2/c1-23-8-9-24(2)36(23)30-16-12-27(13-17-30)32(38)33-28-14-10-26(11-15-28)31(37)34-29-18-20-35(21-19-29)22-25-6-4-3-5-7-25/h3-17,29H,18-22H2,1-2H3,(H,33,38)(H,34,37). The Bertz CT molecular complexity index is 1360. The molecule has 0 radical (unpaired) electrons. The van der Waals surface area contributed by atoms with Crippen molar-refractivity contribution in [2.45, 2.75) is 39.3 Å². The predicted octanol–water partition coefficient (Wildman–Crippen LogP) is 5.74. The first-order chi connectivity index (χ1) is 18.5. The molecule has 3 aromatic carbocycles. The minimum absolute atomic E-state index is 0.0735. The molecule has 1 aliphatic rings. The highest BCUT2D eigenvalue weighted by molar-refractivity contribution is 6.04. The van der Waals surface area contributed by atoms with Gasteiger partial charge in [-0.25, -0.2) is 0 Å². The topological polar surface area (TPSA) is 66.4 Å². The van der Waals surface area contributed by atoms with Crippen molar-refractivity contribution >= 4 is 17.5 Å². The van der Waals surface area contributed by atoms with Crippen LogP contribution in [0.25, 0.3) is 5.69 Å². The highest BCUT2D eigenvalue weighted by Crippen LogP contribution is 2.19. The number of amides is 2. The molecule has 194 valence electrons. The van der Waals surface area contributed by atoms with Gasteiger partial charge in [-0.2, -0.15) is 0 Å². The molecule has 2 amide bonds. The summed E-state index contributed by atoms with van der Waals surface area (Å²) < 4.78 is 2.15. The maximum atomic E-state index is 12.8. The molecule has 1 aliphatic heterocycles. The van der Waals surface area contributed by atoms with Crippen LogP contribution in [0.3, 0.4) is 0 Å². The van der Waals surface area contributed by atoms with Crippen molar-refractivity contribution in [1.82, 2.24) is 14.8 Å². The first-order valence-electron chi connectivity index (χ1n) is 13.2. The van der Waals surface area contributed by atoms with E-state index >= 15 is 0 Å². The van der Waals surface area contributed by atoms with Gasteiger partial charge in [0.25, 0.3) is 11.8 Å². The van der Waals surface area contributed by atoms with Gasteiger partial charge in [0, 0.05) is 59.6 Å². The Morgan fingerprint density at radius 2 is 1.32 bits per heavy atom. The van der Waals surface area contributed by atoms with Crippen LogP contribution in [-0.4, -0.2) is 40.4 Å². The number of anilines is 1. The van der Waals surface area contributed by atoms with E-state index in [1.165, 1.54) is 5.56 Å². The largest absolute Gasteiger partial charge is 0.349 e. The van der Waals surface area contributed by atoms with Crippen LogP contribution in [0.4, 0.5) is 5.69 Å². The van der Waals surface area contributed by atoms with Crippen molar-refractivity contribution < 1.29 is 9.59 Å². The molecule has 1 saturated heterocycles. The molecule has 2 heterocycles. The van der Waals surface area contributed by atoms with Crippen LogP contribution in [0.5, 0.6) is 0 Å². The van der Waals surface area contributed by atoms with E-state index in [0.29, 0.717) is 16.8 Å². The van der Waals surface area contributed by atoms with Gasteiger partial charge in [-0.1, -0.05) is 30.3 Å². The van der Waals surface area contributed by atoms with E-state index in [0.717, 1.165) is 49.6 Å². The summed E-state index contributed by atoms with van der Waals surface area (Å²) in [6.07, 6.45) is 1.88. The maximum absolute atomic E-state index is 12.8. The van der Waals surface area contributed by atoms with Gasteiger partial charge in [-0.15, -0.1) is 0 Å². The quantitative estimate of drug-likeness (QED) is 0.336. The zero-order chi connectivity index (χ0) is 26.5. The minimum Gasteiger partial charge on any atom is -0.349 e. The Morgan fingerprint density at radius 1 is 0.737 bits per heavy atom. The van der Waals surface area contributed by atoms with Crippen LogP contribution >= 0.6 is 0 Å². The SMILES string of the molecule is Cc1ccc(C)n1-c1ccc(C(=O)Nc2ccc(C(=O)NC3CCN(Cc4ccccc4)CC3)cc2)cc1. The van der Waals surface area contributed by atoms with E-state index in [1.807, 2.05) is 30.3 Å². The summed E-state index contributed by atoms with van der Waals surface area (Å²) in [7, 11) is 0. The number of benzene rings is 3. The summed E-state index contributed by atoms with van der Waals surface area (Å²) in [6.45, 7) is 7.01. The van der Waals surface area contributed by atoms with Gasteiger partial charge in [0.2, 0.25) is 0 Å². The highest BCUT2D eigenvalue weighted by atomic mass is 16.2. The molecule has 0 spiro atoms. The molecule has 2 N–H and O–H groups in total. The molecule has 0 unspecified atom stereocenters. The van der Waals surface area contributed by atoms with E-state index < -0.39 is 0 Å². The number of aromatic nitrogens is 1. The first-order valence-corrected chi connectivity index (χ1v) is 13.2. The van der Waals surface area contributed by atoms with Gasteiger partial charge < -0.3 is 15.2 Å². The van der Waals surface area contributed by atoms with Crippen molar-refractivity contribution in [2.24, 2.45) is 0 Å². The number of carbonyl (C=O) groups is 2. The Balaban J connectivity index is 1.11. The Kier molecular flexibility index (Phi) is 7.70. The zero-order valence-corrected chi connectivity index (χ0v) is 22.0. The monoisotopic (exact) mass is 506 g/mol. The van der Waals surface area contributed by atoms with Crippen molar-refractivity contribution in [3.63, 3.8) is 0 Å². The van der Waals surface area contributed by atoms with Gasteiger partial charge in [0.1, 0.15) is 0 Å². The lowest BCUT2D eigenvalue weighted by Crippen LogP contribution is -2.44. The second kappa shape index (κ2) is 11.5. The third-order valence-electron chi connectivity index (χ3n) is 7.24. The second-order valence-electron chi connectivity index (χ2n) is 10.0. The summed E-state index contributed by atoms with van der Waals surface area (Å²) in [4.78, 5) is 28.0. The van der Waals surface area contributed by atoms with E-state index in [9.17, 15) is 9.59 Å².